The van der Waals surface area contributed by atoms with Gasteiger partial charge in [0.05, 0.1) is 10.5 Å². The van der Waals surface area contributed by atoms with Gasteiger partial charge in [-0.3, -0.25) is 0 Å². The molecule has 0 atom stereocenters. The fourth-order valence-corrected chi connectivity index (χ4v) is 4.30. The number of likely N-dealkylation sites (tertiary alicyclic amines) is 1. The van der Waals surface area contributed by atoms with Gasteiger partial charge in [0.15, 0.2) is 0 Å². The van der Waals surface area contributed by atoms with E-state index in [-0.39, 0.29) is 10.9 Å². The number of hydrogen-bond acceptors (Lipinski definition) is 3. The van der Waals surface area contributed by atoms with Crippen molar-refractivity contribution in [1.29, 1.82) is 0 Å². The van der Waals surface area contributed by atoms with Crippen LogP contribution in [0.3, 0.4) is 0 Å². The minimum absolute atomic E-state index is 0.218. The van der Waals surface area contributed by atoms with Crippen LogP contribution in [0.2, 0.25) is 0 Å². The van der Waals surface area contributed by atoms with Crippen LogP contribution in [0.4, 0.5) is 13.2 Å². The van der Waals surface area contributed by atoms with Gasteiger partial charge in [0, 0.05) is 12.1 Å². The number of piperidine rings is 1. The van der Waals surface area contributed by atoms with E-state index in [1.807, 2.05) is 0 Å². The second-order valence-electron chi connectivity index (χ2n) is 6.19. The smallest absolute Gasteiger partial charge is 0.300 e. The van der Waals surface area contributed by atoms with Gasteiger partial charge in [0.2, 0.25) is 10.0 Å². The van der Waals surface area contributed by atoms with Crippen molar-refractivity contribution >= 4 is 10.0 Å². The van der Waals surface area contributed by atoms with E-state index in [0.717, 1.165) is 25.2 Å². The van der Waals surface area contributed by atoms with Crippen LogP contribution in [-0.2, 0) is 16.2 Å². The number of rotatable bonds is 4. The average Bonchev–Trinajstić information content (AvgIpc) is 3.32. The molecule has 1 saturated carbocycles. The summed E-state index contributed by atoms with van der Waals surface area (Å²) in [6.45, 7) is 1.67. The van der Waals surface area contributed by atoms with Crippen LogP contribution in [0.25, 0.3) is 0 Å². The lowest BCUT2D eigenvalue weighted by Gasteiger charge is -2.32. The van der Waals surface area contributed by atoms with Gasteiger partial charge in [-0.15, -0.1) is 0 Å². The molecule has 0 aromatic heterocycles. The van der Waals surface area contributed by atoms with E-state index in [4.69, 9.17) is 0 Å². The first-order chi connectivity index (χ1) is 10.8. The fraction of sp³-hybridized carbons (Fsp3) is 0.600. The predicted molar refractivity (Wildman–Crippen MR) is 79.4 cm³/mol. The standard InChI is InChI=1S/C15H19F3N2O2S/c16-15(17,18)11-2-1-3-14(10-11)23(21,22)19-12-6-8-20(9-7-12)13-4-5-13/h1-3,10,12-13,19H,4-9H2. The third-order valence-electron chi connectivity index (χ3n) is 4.39. The zero-order valence-electron chi connectivity index (χ0n) is 12.5. The quantitative estimate of drug-likeness (QED) is 0.910. The molecule has 1 aliphatic carbocycles. The molecule has 1 saturated heterocycles. The first kappa shape index (κ1) is 16.7. The molecule has 4 nitrogen and oxygen atoms in total. The minimum atomic E-state index is -4.55. The maximum atomic E-state index is 12.7. The average molecular weight is 348 g/mol. The van der Waals surface area contributed by atoms with Crippen LogP contribution >= 0.6 is 0 Å². The van der Waals surface area contributed by atoms with Crippen LogP contribution in [0, 0.1) is 0 Å². The van der Waals surface area contributed by atoms with Crippen molar-refractivity contribution in [3.63, 3.8) is 0 Å². The maximum absolute atomic E-state index is 12.7. The van der Waals surface area contributed by atoms with E-state index >= 15 is 0 Å². The normalized spacial score (nSPS) is 21.5. The van der Waals surface area contributed by atoms with Crippen LogP contribution in [0.1, 0.15) is 31.2 Å². The van der Waals surface area contributed by atoms with Crippen molar-refractivity contribution in [3.8, 4) is 0 Å². The van der Waals surface area contributed by atoms with Crippen LogP contribution in [-0.4, -0.2) is 38.5 Å². The summed E-state index contributed by atoms with van der Waals surface area (Å²) in [6, 6.07) is 4.29. The van der Waals surface area contributed by atoms with Gasteiger partial charge in [-0.2, -0.15) is 13.2 Å². The Morgan fingerprint density at radius 3 is 2.30 bits per heavy atom. The van der Waals surface area contributed by atoms with Crippen molar-refractivity contribution < 1.29 is 21.6 Å². The Morgan fingerprint density at radius 2 is 1.74 bits per heavy atom. The molecule has 1 heterocycles. The number of alkyl halides is 3. The van der Waals surface area contributed by atoms with Crippen molar-refractivity contribution in [2.45, 2.75) is 48.8 Å². The molecule has 3 rings (SSSR count). The van der Waals surface area contributed by atoms with Gasteiger partial charge in [0.1, 0.15) is 0 Å². The highest BCUT2D eigenvalue weighted by atomic mass is 32.2. The summed E-state index contributed by atoms with van der Waals surface area (Å²) in [4.78, 5) is 2.02. The summed E-state index contributed by atoms with van der Waals surface area (Å²) in [5, 5.41) is 0. The van der Waals surface area contributed by atoms with E-state index in [0.29, 0.717) is 24.9 Å². The Labute approximate surface area is 133 Å². The molecule has 128 valence electrons. The van der Waals surface area contributed by atoms with Crippen molar-refractivity contribution in [1.82, 2.24) is 9.62 Å². The van der Waals surface area contributed by atoms with Crippen LogP contribution < -0.4 is 4.72 Å². The largest absolute Gasteiger partial charge is 0.416 e. The van der Waals surface area contributed by atoms with Gasteiger partial charge in [0.25, 0.3) is 0 Å². The van der Waals surface area contributed by atoms with Crippen LogP contribution in [0.5, 0.6) is 0 Å². The Morgan fingerprint density at radius 1 is 1.09 bits per heavy atom. The van der Waals surface area contributed by atoms with Gasteiger partial charge >= 0.3 is 6.18 Å². The number of nitrogens with zero attached hydrogens (tertiary/aromatic N) is 1. The second-order valence-corrected chi connectivity index (χ2v) is 7.90. The second kappa shape index (κ2) is 6.07. The molecule has 23 heavy (non-hydrogen) atoms. The highest BCUT2D eigenvalue weighted by Gasteiger charge is 2.34. The zero-order valence-corrected chi connectivity index (χ0v) is 13.3. The fourth-order valence-electron chi connectivity index (χ4n) is 2.95. The topological polar surface area (TPSA) is 49.4 Å². The van der Waals surface area contributed by atoms with Crippen molar-refractivity contribution in [3.05, 3.63) is 29.8 Å². The summed E-state index contributed by atoms with van der Waals surface area (Å²) in [7, 11) is -3.93. The molecule has 0 spiro atoms. The Bertz CT molecular complexity index is 664. The molecule has 1 aromatic carbocycles. The Hall–Kier alpha value is -1.12. The molecule has 8 heteroatoms. The molecule has 0 radical (unpaired) electrons. The molecule has 0 amide bonds. The lowest BCUT2D eigenvalue weighted by molar-refractivity contribution is -0.137. The summed E-state index contributed by atoms with van der Waals surface area (Å²) in [5.74, 6) is 0. The Balaban J connectivity index is 1.67. The van der Waals surface area contributed by atoms with Gasteiger partial charge in [-0.05, 0) is 57.0 Å². The first-order valence-electron chi connectivity index (χ1n) is 7.69. The highest BCUT2D eigenvalue weighted by molar-refractivity contribution is 7.89. The van der Waals surface area contributed by atoms with E-state index < -0.39 is 21.8 Å². The lowest BCUT2D eigenvalue weighted by atomic mass is 10.1. The third-order valence-corrected chi connectivity index (χ3v) is 5.90. The molecule has 1 N–H and O–H groups in total. The van der Waals surface area contributed by atoms with Gasteiger partial charge in [-0.1, -0.05) is 6.07 Å². The number of nitrogens with one attached hydrogen (secondary N) is 1. The SMILES string of the molecule is O=S(=O)(NC1CCN(C2CC2)CC1)c1cccc(C(F)(F)F)c1. The highest BCUT2D eigenvalue weighted by Crippen LogP contribution is 2.31. The van der Waals surface area contributed by atoms with Gasteiger partial charge < -0.3 is 4.90 Å². The molecule has 2 aliphatic rings. The summed E-state index contributed by atoms with van der Waals surface area (Å²) < 4.78 is 65.3. The number of benzene rings is 1. The van der Waals surface area contributed by atoms with E-state index in [1.165, 1.54) is 18.9 Å². The van der Waals surface area contributed by atoms with Gasteiger partial charge in [-0.25, -0.2) is 13.1 Å². The summed E-state index contributed by atoms with van der Waals surface area (Å²) in [6.07, 6.45) is -0.758. The molecule has 1 aromatic rings. The number of hydrogen-bond donors (Lipinski definition) is 1. The number of sulfonamides is 1. The number of halogens is 3. The predicted octanol–water partition coefficient (Wildman–Crippen LogP) is 2.61. The molecule has 0 unspecified atom stereocenters. The van der Waals surface area contributed by atoms with Crippen LogP contribution in [0.15, 0.2) is 29.2 Å². The minimum Gasteiger partial charge on any atom is -0.300 e. The van der Waals surface area contributed by atoms with Crippen molar-refractivity contribution in [2.75, 3.05) is 13.1 Å². The van der Waals surface area contributed by atoms with E-state index in [9.17, 15) is 21.6 Å². The summed E-state index contributed by atoms with van der Waals surface area (Å²) in [5.41, 5.74) is -0.955. The molecular formula is C15H19F3N2O2S. The van der Waals surface area contributed by atoms with Crippen molar-refractivity contribution in [2.24, 2.45) is 0 Å². The zero-order chi connectivity index (χ0) is 16.7. The monoisotopic (exact) mass is 348 g/mol. The summed E-state index contributed by atoms with van der Waals surface area (Å²) >= 11 is 0. The van der Waals surface area contributed by atoms with E-state index in [1.54, 1.807) is 0 Å². The first-order valence-corrected chi connectivity index (χ1v) is 9.18. The van der Waals surface area contributed by atoms with E-state index in [2.05, 4.69) is 9.62 Å². The molecular weight excluding hydrogens is 329 g/mol. The molecule has 0 bridgehead atoms. The molecule has 2 fully saturated rings. The Kier molecular flexibility index (Phi) is 4.41. The third kappa shape index (κ3) is 4.05. The maximum Gasteiger partial charge on any atom is 0.416 e. The lowest BCUT2D eigenvalue weighted by Crippen LogP contribution is -2.45. The molecule has 1 aliphatic heterocycles.